The van der Waals surface area contributed by atoms with Crippen LogP contribution in [0.25, 0.3) is 5.57 Å². The molecule has 182 valence electrons. The maximum Gasteiger partial charge on any atom is 0.251 e. The molecule has 1 aliphatic carbocycles. The van der Waals surface area contributed by atoms with Gasteiger partial charge in [0.25, 0.3) is 5.56 Å². The molecule has 7 nitrogen and oxygen atoms in total. The highest BCUT2D eigenvalue weighted by molar-refractivity contribution is 7.89. The minimum absolute atomic E-state index is 0.0383. The van der Waals surface area contributed by atoms with Gasteiger partial charge in [-0.2, -0.15) is 0 Å². The van der Waals surface area contributed by atoms with E-state index in [2.05, 4.69) is 11.1 Å². The fourth-order valence-electron chi connectivity index (χ4n) is 4.23. The Labute approximate surface area is 204 Å². The van der Waals surface area contributed by atoms with Crippen molar-refractivity contribution in [3.8, 4) is 0 Å². The van der Waals surface area contributed by atoms with Crippen LogP contribution in [0, 0.1) is 5.92 Å². The highest BCUT2D eigenvalue weighted by Crippen LogP contribution is 2.38. The van der Waals surface area contributed by atoms with E-state index in [1.54, 1.807) is 0 Å². The molecule has 0 bridgehead atoms. The summed E-state index contributed by atoms with van der Waals surface area (Å²) >= 11 is 6.59. The molecule has 2 aliphatic rings. The molecule has 2 heterocycles. The zero-order chi connectivity index (χ0) is 24.3. The standard InChI is InChI=1S/C25H29ClN2O5S/c1-34(31,32)28-24(29)4-2-3-18-7-8-19(14-22(18)26)21(13-16-11-12-33-15-16)23-10-9-20(17-5-6-17)25(30)27-23/h7-10,13-14,16-17H,2-6,11-12,15H2,1H3,(H,27,30)(H,28,29)/b21-13+. The van der Waals surface area contributed by atoms with Gasteiger partial charge in [0.2, 0.25) is 15.9 Å². The van der Waals surface area contributed by atoms with Crippen molar-refractivity contribution >= 4 is 33.1 Å². The van der Waals surface area contributed by atoms with Crippen LogP contribution in [0.2, 0.25) is 5.02 Å². The molecule has 2 fully saturated rings. The summed E-state index contributed by atoms with van der Waals surface area (Å²) < 4.78 is 29.8. The molecule has 1 unspecified atom stereocenters. The molecule has 1 atom stereocenters. The number of carbonyl (C=O) groups is 1. The molecule has 2 aromatic rings. The number of halogens is 1. The summed E-state index contributed by atoms with van der Waals surface area (Å²) in [6, 6.07) is 9.66. The number of H-pyrrole nitrogens is 1. The molecular weight excluding hydrogens is 476 g/mol. The SMILES string of the molecule is CS(=O)(=O)NC(=O)CCCc1ccc(/C(=C\C2CCOC2)c2ccc(C3CC3)c(=O)[nH]2)cc1Cl. The van der Waals surface area contributed by atoms with Crippen LogP contribution in [0.3, 0.4) is 0 Å². The molecule has 1 aromatic heterocycles. The third-order valence-electron chi connectivity index (χ3n) is 6.13. The fraction of sp³-hybridized carbons (Fsp3) is 0.440. The van der Waals surface area contributed by atoms with Gasteiger partial charge in [0.1, 0.15) is 0 Å². The molecule has 4 rings (SSSR count). The zero-order valence-electron chi connectivity index (χ0n) is 19.1. The number of pyridine rings is 1. The smallest absolute Gasteiger partial charge is 0.251 e. The molecule has 0 spiro atoms. The highest BCUT2D eigenvalue weighted by atomic mass is 35.5. The molecule has 1 amide bonds. The number of amides is 1. The molecule has 0 radical (unpaired) electrons. The van der Waals surface area contributed by atoms with E-state index in [1.165, 1.54) is 0 Å². The number of aromatic nitrogens is 1. The highest BCUT2D eigenvalue weighted by Gasteiger charge is 2.26. The number of rotatable bonds is 9. The topological polar surface area (TPSA) is 105 Å². The lowest BCUT2D eigenvalue weighted by atomic mass is 9.94. The Morgan fingerprint density at radius 1 is 1.24 bits per heavy atom. The van der Waals surface area contributed by atoms with Gasteiger partial charge in [-0.15, -0.1) is 0 Å². The lowest BCUT2D eigenvalue weighted by molar-refractivity contribution is -0.119. The number of sulfonamides is 1. The Morgan fingerprint density at radius 2 is 2.03 bits per heavy atom. The second kappa shape index (κ2) is 10.5. The molecule has 1 saturated carbocycles. The van der Waals surface area contributed by atoms with Crippen molar-refractivity contribution in [2.75, 3.05) is 19.5 Å². The van der Waals surface area contributed by atoms with Crippen LogP contribution in [0.4, 0.5) is 0 Å². The lowest BCUT2D eigenvalue weighted by Gasteiger charge is -2.14. The zero-order valence-corrected chi connectivity index (χ0v) is 20.7. The van der Waals surface area contributed by atoms with Crippen LogP contribution in [0.1, 0.15) is 60.4 Å². The molecular formula is C25H29ClN2O5S. The maximum atomic E-state index is 12.7. The Morgan fingerprint density at radius 3 is 2.65 bits per heavy atom. The number of aromatic amines is 1. The Bertz CT molecular complexity index is 1260. The van der Waals surface area contributed by atoms with E-state index in [0.29, 0.717) is 30.4 Å². The average molecular weight is 505 g/mol. The van der Waals surface area contributed by atoms with Crippen LogP contribution in [0.5, 0.6) is 0 Å². The van der Waals surface area contributed by atoms with Gasteiger partial charge in [0, 0.05) is 40.8 Å². The van der Waals surface area contributed by atoms with Gasteiger partial charge in [0.05, 0.1) is 12.9 Å². The summed E-state index contributed by atoms with van der Waals surface area (Å²) in [6.45, 7) is 1.37. The lowest BCUT2D eigenvalue weighted by Crippen LogP contribution is -2.29. The molecule has 34 heavy (non-hydrogen) atoms. The summed E-state index contributed by atoms with van der Waals surface area (Å²) in [5.41, 5.74) is 4.24. The predicted octanol–water partition coefficient (Wildman–Crippen LogP) is 3.77. The van der Waals surface area contributed by atoms with E-state index in [4.69, 9.17) is 16.3 Å². The van der Waals surface area contributed by atoms with Crippen LogP contribution in [-0.2, 0) is 26.0 Å². The quantitative estimate of drug-likeness (QED) is 0.540. The third-order valence-corrected chi connectivity index (χ3v) is 7.08. The minimum Gasteiger partial charge on any atom is -0.381 e. The van der Waals surface area contributed by atoms with Gasteiger partial charge >= 0.3 is 0 Å². The van der Waals surface area contributed by atoms with Gasteiger partial charge in [0.15, 0.2) is 0 Å². The summed E-state index contributed by atoms with van der Waals surface area (Å²) in [4.78, 5) is 27.5. The van der Waals surface area contributed by atoms with Crippen LogP contribution in [-0.4, -0.2) is 38.8 Å². The number of carbonyl (C=O) groups excluding carboxylic acids is 1. The van der Waals surface area contributed by atoms with E-state index in [0.717, 1.165) is 60.1 Å². The summed E-state index contributed by atoms with van der Waals surface area (Å²) in [6.07, 6.45) is 7.26. The van der Waals surface area contributed by atoms with E-state index >= 15 is 0 Å². The van der Waals surface area contributed by atoms with Gasteiger partial charge in [-0.25, -0.2) is 8.42 Å². The second-order valence-electron chi connectivity index (χ2n) is 9.09. The first-order chi connectivity index (χ1) is 16.2. The molecule has 1 aromatic carbocycles. The monoisotopic (exact) mass is 504 g/mol. The van der Waals surface area contributed by atoms with Crippen LogP contribution in [0.15, 0.2) is 41.2 Å². The van der Waals surface area contributed by atoms with Crippen molar-refractivity contribution in [3.63, 3.8) is 0 Å². The predicted molar refractivity (Wildman–Crippen MR) is 132 cm³/mol. The van der Waals surface area contributed by atoms with E-state index in [9.17, 15) is 18.0 Å². The summed E-state index contributed by atoms with van der Waals surface area (Å²) in [5, 5.41) is 0.562. The van der Waals surface area contributed by atoms with Crippen molar-refractivity contribution in [2.24, 2.45) is 5.92 Å². The van der Waals surface area contributed by atoms with Crippen molar-refractivity contribution < 1.29 is 17.9 Å². The number of aryl methyl sites for hydroxylation is 1. The summed E-state index contributed by atoms with van der Waals surface area (Å²) in [7, 11) is -3.55. The number of hydrogen-bond donors (Lipinski definition) is 2. The van der Waals surface area contributed by atoms with Gasteiger partial charge in [-0.05, 0) is 61.3 Å². The van der Waals surface area contributed by atoms with Crippen molar-refractivity contribution in [2.45, 2.75) is 44.4 Å². The largest absolute Gasteiger partial charge is 0.381 e. The van der Waals surface area contributed by atoms with Crippen LogP contribution < -0.4 is 10.3 Å². The number of hydrogen-bond acceptors (Lipinski definition) is 5. The maximum absolute atomic E-state index is 12.7. The fourth-order valence-corrected chi connectivity index (χ4v) is 5.02. The van der Waals surface area contributed by atoms with E-state index < -0.39 is 15.9 Å². The molecule has 9 heteroatoms. The van der Waals surface area contributed by atoms with Gasteiger partial charge < -0.3 is 9.72 Å². The Kier molecular flexibility index (Phi) is 7.60. The first-order valence-electron chi connectivity index (χ1n) is 11.5. The first kappa shape index (κ1) is 24.7. The number of benzene rings is 1. The Balaban J connectivity index is 1.54. The van der Waals surface area contributed by atoms with Crippen LogP contribution >= 0.6 is 11.6 Å². The van der Waals surface area contributed by atoms with E-state index in [1.807, 2.05) is 35.1 Å². The average Bonchev–Trinajstić information content (AvgIpc) is 3.47. The van der Waals surface area contributed by atoms with Crippen molar-refractivity contribution in [1.29, 1.82) is 0 Å². The van der Waals surface area contributed by atoms with Crippen molar-refractivity contribution in [3.05, 3.63) is 74.2 Å². The molecule has 1 saturated heterocycles. The number of nitrogens with one attached hydrogen (secondary N) is 2. The molecule has 2 N–H and O–H groups in total. The van der Waals surface area contributed by atoms with Gasteiger partial charge in [-0.1, -0.05) is 35.9 Å². The summed E-state index contributed by atoms with van der Waals surface area (Å²) in [5.74, 6) is 0.105. The van der Waals surface area contributed by atoms with E-state index in [-0.39, 0.29) is 17.9 Å². The minimum atomic E-state index is -3.55. The first-order valence-corrected chi connectivity index (χ1v) is 13.8. The number of ether oxygens (including phenoxy) is 1. The van der Waals surface area contributed by atoms with Crippen molar-refractivity contribution in [1.82, 2.24) is 9.71 Å². The molecule has 1 aliphatic heterocycles. The van der Waals surface area contributed by atoms with Gasteiger partial charge in [-0.3, -0.25) is 14.3 Å². The normalized spacial score (nSPS) is 18.8. The second-order valence-corrected chi connectivity index (χ2v) is 11.2. The Hall–Kier alpha value is -2.42. The third kappa shape index (κ3) is 6.58.